The van der Waals surface area contributed by atoms with Crippen LogP contribution >= 0.6 is 0 Å². The van der Waals surface area contributed by atoms with Gasteiger partial charge in [0, 0.05) is 13.2 Å². The van der Waals surface area contributed by atoms with Gasteiger partial charge in [0.15, 0.2) is 0 Å². The maximum absolute atomic E-state index is 9.91. The van der Waals surface area contributed by atoms with Gasteiger partial charge in [0.2, 0.25) is 0 Å². The first-order valence-corrected chi connectivity index (χ1v) is 5.36. The average molecular weight is 253 g/mol. The Hall–Kier alpha value is -0.280. The van der Waals surface area contributed by atoms with Gasteiger partial charge in [-0.2, -0.15) is 0 Å². The first-order chi connectivity index (χ1) is 7.72. The van der Waals surface area contributed by atoms with E-state index in [9.17, 15) is 20.4 Å². The van der Waals surface area contributed by atoms with E-state index < -0.39 is 42.7 Å². The number of hydrogen-bond donors (Lipinski definition) is 6. The van der Waals surface area contributed by atoms with Crippen LogP contribution in [0.1, 0.15) is 13.8 Å². The predicted octanol–water partition coefficient (Wildman–Crippen LogP) is -2.83. The number of ether oxygens (including phenoxy) is 1. The first kappa shape index (κ1) is 16.7. The van der Waals surface area contributed by atoms with Crippen molar-refractivity contribution in [3.63, 3.8) is 0 Å². The molecule has 0 aliphatic heterocycles. The summed E-state index contributed by atoms with van der Waals surface area (Å²) in [5, 5.41) is 46.9. The van der Waals surface area contributed by atoms with Gasteiger partial charge < -0.3 is 36.0 Å². The second kappa shape index (κ2) is 6.60. The zero-order valence-corrected chi connectivity index (χ0v) is 10.3. The Morgan fingerprint density at radius 2 is 1.65 bits per heavy atom. The molecule has 0 amide bonds. The van der Waals surface area contributed by atoms with Gasteiger partial charge in [-0.25, -0.2) is 0 Å². The fourth-order valence-corrected chi connectivity index (χ4v) is 1.44. The van der Waals surface area contributed by atoms with Crippen molar-refractivity contribution in [1.82, 2.24) is 0 Å². The van der Waals surface area contributed by atoms with Crippen molar-refractivity contribution in [2.45, 2.75) is 49.9 Å². The smallest absolute Gasteiger partial charge is 0.113 e. The van der Waals surface area contributed by atoms with Gasteiger partial charge in [0.05, 0.1) is 6.61 Å². The van der Waals surface area contributed by atoms with E-state index in [-0.39, 0.29) is 0 Å². The van der Waals surface area contributed by atoms with Gasteiger partial charge in [-0.3, -0.25) is 0 Å². The molecule has 0 fully saturated rings. The summed E-state index contributed by atoms with van der Waals surface area (Å²) in [5.41, 5.74) is 4.36. The Morgan fingerprint density at radius 3 is 1.94 bits per heavy atom. The Balaban J connectivity index is 4.84. The number of methoxy groups -OCH3 is 1. The van der Waals surface area contributed by atoms with Gasteiger partial charge in [-0.15, -0.1) is 0 Å². The molecule has 6 atom stereocenters. The van der Waals surface area contributed by atoms with Crippen molar-refractivity contribution in [3.8, 4) is 0 Å². The lowest BCUT2D eigenvalue weighted by atomic mass is 9.85. The Labute approximate surface area is 100 Å². The molecular formula is C10H23NO6. The van der Waals surface area contributed by atoms with E-state index in [0.29, 0.717) is 0 Å². The van der Waals surface area contributed by atoms with Gasteiger partial charge in [-0.1, -0.05) is 0 Å². The number of nitrogens with two attached hydrogens (primary N) is 1. The molecule has 0 rings (SSSR count). The molecule has 1 unspecified atom stereocenters. The average Bonchev–Trinajstić information content (AvgIpc) is 2.33. The van der Waals surface area contributed by atoms with E-state index in [0.717, 1.165) is 0 Å². The monoisotopic (exact) mass is 253 g/mol. The summed E-state index contributed by atoms with van der Waals surface area (Å²) in [6.07, 6.45) is -6.44. The molecule has 0 aliphatic carbocycles. The molecule has 0 spiro atoms. The maximum Gasteiger partial charge on any atom is 0.113 e. The minimum Gasteiger partial charge on any atom is -0.394 e. The summed E-state index contributed by atoms with van der Waals surface area (Å²) in [6.45, 7) is 2.32. The summed E-state index contributed by atoms with van der Waals surface area (Å²) in [5.74, 6) is 0. The van der Waals surface area contributed by atoms with Crippen LogP contribution in [-0.2, 0) is 4.74 Å². The van der Waals surface area contributed by atoms with E-state index in [1.165, 1.54) is 14.0 Å². The highest BCUT2D eigenvalue weighted by Crippen LogP contribution is 2.23. The largest absolute Gasteiger partial charge is 0.394 e. The molecule has 7 nitrogen and oxygen atoms in total. The number of hydrogen-bond acceptors (Lipinski definition) is 7. The van der Waals surface area contributed by atoms with E-state index in [2.05, 4.69) is 0 Å². The van der Waals surface area contributed by atoms with Crippen molar-refractivity contribution < 1.29 is 30.3 Å². The van der Waals surface area contributed by atoms with Crippen LogP contribution in [-0.4, -0.2) is 75.3 Å². The minimum atomic E-state index is -1.69. The summed E-state index contributed by atoms with van der Waals surface area (Å²) in [6, 6.07) is -0.615. The molecule has 104 valence electrons. The SMILES string of the molecule is CO[C@@](C)(C(C)N)[C@H](O)[C@H](O)[C@@H](O)[C@H](O)CO. The third-order valence-electron chi connectivity index (χ3n) is 3.19. The van der Waals surface area contributed by atoms with Crippen LogP contribution in [0.4, 0.5) is 0 Å². The first-order valence-electron chi connectivity index (χ1n) is 5.36. The lowest BCUT2D eigenvalue weighted by Gasteiger charge is -2.40. The third-order valence-corrected chi connectivity index (χ3v) is 3.19. The Morgan fingerprint density at radius 1 is 1.18 bits per heavy atom. The van der Waals surface area contributed by atoms with Crippen molar-refractivity contribution in [3.05, 3.63) is 0 Å². The van der Waals surface area contributed by atoms with Crippen LogP contribution < -0.4 is 5.73 Å². The van der Waals surface area contributed by atoms with Crippen molar-refractivity contribution in [2.24, 2.45) is 5.73 Å². The van der Waals surface area contributed by atoms with Gasteiger partial charge in [0.25, 0.3) is 0 Å². The summed E-state index contributed by atoms with van der Waals surface area (Å²) in [4.78, 5) is 0. The van der Waals surface area contributed by atoms with E-state index in [1.54, 1.807) is 6.92 Å². The molecular weight excluding hydrogens is 230 g/mol. The molecule has 0 aliphatic rings. The molecule has 7 heteroatoms. The van der Waals surface area contributed by atoms with Crippen LogP contribution in [0, 0.1) is 0 Å². The molecule has 7 N–H and O–H groups in total. The molecule has 0 aromatic carbocycles. The highest BCUT2D eigenvalue weighted by molar-refractivity contribution is 4.97. The van der Waals surface area contributed by atoms with E-state index in [4.69, 9.17) is 15.6 Å². The van der Waals surface area contributed by atoms with Crippen LogP contribution in [0.2, 0.25) is 0 Å². The molecule has 0 bridgehead atoms. The summed E-state index contributed by atoms with van der Waals surface area (Å²) >= 11 is 0. The molecule has 0 saturated carbocycles. The molecule has 0 saturated heterocycles. The van der Waals surface area contributed by atoms with Crippen LogP contribution in [0.15, 0.2) is 0 Å². The molecule has 0 radical (unpaired) electrons. The zero-order chi connectivity index (χ0) is 13.8. The van der Waals surface area contributed by atoms with Crippen molar-refractivity contribution in [2.75, 3.05) is 13.7 Å². The highest BCUT2D eigenvalue weighted by atomic mass is 16.5. The summed E-state index contributed by atoms with van der Waals surface area (Å²) in [7, 11) is 1.31. The quantitative estimate of drug-likeness (QED) is 0.288. The molecule has 17 heavy (non-hydrogen) atoms. The van der Waals surface area contributed by atoms with Crippen molar-refractivity contribution >= 4 is 0 Å². The highest BCUT2D eigenvalue weighted by Gasteiger charge is 2.44. The lowest BCUT2D eigenvalue weighted by molar-refractivity contribution is -0.182. The zero-order valence-electron chi connectivity index (χ0n) is 10.3. The standard InChI is InChI=1S/C10H23NO6/c1-5(11)10(2,17-3)9(16)8(15)7(14)6(13)4-12/h5-9,12-16H,4,11H2,1-3H3/t5?,6-,7+,8-,9-,10+/m1/s1. The second-order valence-corrected chi connectivity index (χ2v) is 4.35. The van der Waals surface area contributed by atoms with Crippen molar-refractivity contribution in [1.29, 1.82) is 0 Å². The van der Waals surface area contributed by atoms with E-state index >= 15 is 0 Å². The maximum atomic E-state index is 9.91. The van der Waals surface area contributed by atoms with Gasteiger partial charge in [0.1, 0.15) is 30.0 Å². The minimum absolute atomic E-state index is 0.615. The predicted molar refractivity (Wildman–Crippen MR) is 60.2 cm³/mol. The van der Waals surface area contributed by atoms with Crippen LogP contribution in [0.25, 0.3) is 0 Å². The van der Waals surface area contributed by atoms with Gasteiger partial charge in [-0.05, 0) is 13.8 Å². The van der Waals surface area contributed by atoms with Crippen LogP contribution in [0.5, 0.6) is 0 Å². The number of aliphatic hydroxyl groups is 5. The molecule has 0 aromatic heterocycles. The lowest BCUT2D eigenvalue weighted by Crippen LogP contribution is -2.61. The van der Waals surface area contributed by atoms with Gasteiger partial charge >= 0.3 is 0 Å². The second-order valence-electron chi connectivity index (χ2n) is 4.35. The fourth-order valence-electron chi connectivity index (χ4n) is 1.44. The topological polar surface area (TPSA) is 136 Å². The number of aliphatic hydroxyl groups excluding tert-OH is 5. The fraction of sp³-hybridized carbons (Fsp3) is 1.00. The Kier molecular flexibility index (Phi) is 6.49. The van der Waals surface area contributed by atoms with Crippen LogP contribution in [0.3, 0.4) is 0 Å². The molecule has 0 aromatic rings. The van der Waals surface area contributed by atoms with E-state index in [1.807, 2.05) is 0 Å². The Bertz CT molecular complexity index is 227. The number of rotatable bonds is 7. The summed E-state index contributed by atoms with van der Waals surface area (Å²) < 4.78 is 5.06. The molecule has 0 heterocycles. The normalized spacial score (nSPS) is 24.5. The third kappa shape index (κ3) is 3.59.